The Morgan fingerprint density at radius 2 is 1.56 bits per heavy atom. The molecule has 0 aliphatic carbocycles. The predicted molar refractivity (Wildman–Crippen MR) is 94.8 cm³/mol. The van der Waals surface area contributed by atoms with Gasteiger partial charge in [-0.15, -0.1) is 0 Å². The zero-order chi connectivity index (χ0) is 18.0. The van der Waals surface area contributed by atoms with Gasteiger partial charge in [-0.25, -0.2) is 8.42 Å². The maximum Gasteiger partial charge on any atom is 0.243 e. The molecular weight excluding hydrogens is 385 g/mol. The van der Waals surface area contributed by atoms with Crippen molar-refractivity contribution in [3.05, 3.63) is 64.5 Å². The number of hydrogen-bond donors (Lipinski definition) is 0. The van der Waals surface area contributed by atoms with Crippen LogP contribution in [0.3, 0.4) is 0 Å². The van der Waals surface area contributed by atoms with Gasteiger partial charge in [0.1, 0.15) is 0 Å². The fourth-order valence-corrected chi connectivity index (χ4v) is 3.47. The standard InChI is InChI=1S/C16H13Cl2N3O3S/c1-21(25(22,23)14-8-6-13(18)7-9-14)10-15-19-16(20-24-15)11-2-4-12(17)5-3-11/h2-9H,10H2,1H3. The maximum absolute atomic E-state index is 12.5. The largest absolute Gasteiger partial charge is 0.338 e. The molecule has 0 saturated heterocycles. The van der Waals surface area contributed by atoms with Crippen LogP contribution in [0.2, 0.25) is 10.0 Å². The van der Waals surface area contributed by atoms with Crippen LogP contribution in [0.1, 0.15) is 5.89 Å². The van der Waals surface area contributed by atoms with E-state index in [4.69, 9.17) is 27.7 Å². The van der Waals surface area contributed by atoms with Gasteiger partial charge in [0.15, 0.2) is 0 Å². The summed E-state index contributed by atoms with van der Waals surface area (Å²) in [6, 6.07) is 12.9. The Kier molecular flexibility index (Phi) is 5.10. The second-order valence-corrected chi connectivity index (χ2v) is 8.15. The summed E-state index contributed by atoms with van der Waals surface area (Å²) in [6.07, 6.45) is 0. The summed E-state index contributed by atoms with van der Waals surface area (Å²) in [6.45, 7) is -0.0501. The molecule has 25 heavy (non-hydrogen) atoms. The molecule has 0 N–H and O–H groups in total. The van der Waals surface area contributed by atoms with Crippen LogP contribution in [-0.4, -0.2) is 29.9 Å². The third-order valence-electron chi connectivity index (χ3n) is 3.45. The Hall–Kier alpha value is -1.93. The molecule has 130 valence electrons. The summed E-state index contributed by atoms with van der Waals surface area (Å²) in [5.41, 5.74) is 0.725. The van der Waals surface area contributed by atoms with Gasteiger partial charge in [0, 0.05) is 22.7 Å². The van der Waals surface area contributed by atoms with Gasteiger partial charge in [-0.2, -0.15) is 9.29 Å². The van der Waals surface area contributed by atoms with E-state index in [9.17, 15) is 8.42 Å². The van der Waals surface area contributed by atoms with Crippen LogP contribution in [-0.2, 0) is 16.6 Å². The fourth-order valence-electron chi connectivity index (χ4n) is 2.10. The number of benzene rings is 2. The van der Waals surface area contributed by atoms with Crippen molar-refractivity contribution < 1.29 is 12.9 Å². The molecule has 9 heteroatoms. The highest BCUT2D eigenvalue weighted by atomic mass is 35.5. The average Bonchev–Trinajstić information content (AvgIpc) is 3.04. The van der Waals surface area contributed by atoms with E-state index in [2.05, 4.69) is 10.1 Å². The highest BCUT2D eigenvalue weighted by molar-refractivity contribution is 7.89. The van der Waals surface area contributed by atoms with Gasteiger partial charge in [-0.1, -0.05) is 28.4 Å². The molecule has 3 rings (SSSR count). The zero-order valence-electron chi connectivity index (χ0n) is 13.1. The normalized spacial score (nSPS) is 11.8. The molecule has 0 atom stereocenters. The van der Waals surface area contributed by atoms with E-state index in [-0.39, 0.29) is 17.3 Å². The third kappa shape index (κ3) is 4.01. The van der Waals surface area contributed by atoms with Gasteiger partial charge in [-0.05, 0) is 48.5 Å². The molecule has 0 unspecified atom stereocenters. The van der Waals surface area contributed by atoms with E-state index in [0.29, 0.717) is 15.9 Å². The first-order valence-corrected chi connectivity index (χ1v) is 9.36. The van der Waals surface area contributed by atoms with E-state index >= 15 is 0 Å². The quantitative estimate of drug-likeness (QED) is 0.652. The summed E-state index contributed by atoms with van der Waals surface area (Å²) >= 11 is 11.6. The molecule has 0 fully saturated rings. The van der Waals surface area contributed by atoms with Gasteiger partial charge in [0.2, 0.25) is 21.7 Å². The first-order valence-electron chi connectivity index (χ1n) is 7.17. The molecule has 0 bridgehead atoms. The van der Waals surface area contributed by atoms with Crippen LogP contribution in [0.25, 0.3) is 11.4 Å². The summed E-state index contributed by atoms with van der Waals surface area (Å²) in [4.78, 5) is 4.36. The number of aromatic nitrogens is 2. The van der Waals surface area contributed by atoms with E-state index in [1.165, 1.54) is 31.3 Å². The Balaban J connectivity index is 1.78. The molecule has 0 amide bonds. The SMILES string of the molecule is CN(Cc1nc(-c2ccc(Cl)cc2)no1)S(=O)(=O)c1ccc(Cl)cc1. The highest BCUT2D eigenvalue weighted by Gasteiger charge is 2.23. The van der Waals surface area contributed by atoms with Crippen molar-refractivity contribution in [2.24, 2.45) is 0 Å². The van der Waals surface area contributed by atoms with Crippen molar-refractivity contribution in [2.45, 2.75) is 11.4 Å². The molecule has 3 aromatic rings. The van der Waals surface area contributed by atoms with Gasteiger partial charge in [0.25, 0.3) is 0 Å². The summed E-state index contributed by atoms with van der Waals surface area (Å²) in [5.74, 6) is 0.550. The zero-order valence-corrected chi connectivity index (χ0v) is 15.4. The Morgan fingerprint density at radius 3 is 2.16 bits per heavy atom. The summed E-state index contributed by atoms with van der Waals surface area (Å²) in [7, 11) is -2.24. The van der Waals surface area contributed by atoms with E-state index in [1.54, 1.807) is 24.3 Å². The molecule has 0 saturated carbocycles. The molecular formula is C16H13Cl2N3O3S. The minimum absolute atomic E-state index is 0.0501. The van der Waals surface area contributed by atoms with E-state index < -0.39 is 10.0 Å². The van der Waals surface area contributed by atoms with Crippen molar-refractivity contribution in [1.29, 1.82) is 0 Å². The van der Waals surface area contributed by atoms with Crippen molar-refractivity contribution in [2.75, 3.05) is 7.05 Å². The lowest BCUT2D eigenvalue weighted by Crippen LogP contribution is -2.26. The molecule has 0 radical (unpaired) electrons. The summed E-state index contributed by atoms with van der Waals surface area (Å²) < 4.78 is 31.4. The number of nitrogens with zero attached hydrogens (tertiary/aromatic N) is 3. The van der Waals surface area contributed by atoms with Crippen LogP contribution in [0.15, 0.2) is 57.9 Å². The predicted octanol–water partition coefficient (Wildman–Crippen LogP) is 3.86. The number of sulfonamides is 1. The monoisotopic (exact) mass is 397 g/mol. The van der Waals surface area contributed by atoms with Crippen LogP contribution in [0.5, 0.6) is 0 Å². The van der Waals surface area contributed by atoms with Crippen LogP contribution in [0.4, 0.5) is 0 Å². The van der Waals surface area contributed by atoms with Crippen molar-refractivity contribution >= 4 is 33.2 Å². The number of halogens is 2. The smallest absolute Gasteiger partial charge is 0.243 e. The van der Waals surface area contributed by atoms with Crippen LogP contribution in [0, 0.1) is 0 Å². The lowest BCUT2D eigenvalue weighted by molar-refractivity contribution is 0.337. The van der Waals surface area contributed by atoms with Gasteiger partial charge < -0.3 is 4.52 Å². The van der Waals surface area contributed by atoms with Crippen molar-refractivity contribution in [3.8, 4) is 11.4 Å². The van der Waals surface area contributed by atoms with E-state index in [0.717, 1.165) is 9.87 Å². The molecule has 0 aliphatic heterocycles. The minimum atomic E-state index is -3.69. The van der Waals surface area contributed by atoms with Gasteiger partial charge >= 0.3 is 0 Å². The first-order chi connectivity index (χ1) is 11.9. The Morgan fingerprint density at radius 1 is 1.00 bits per heavy atom. The Labute approximate surface area is 155 Å². The molecule has 1 heterocycles. The minimum Gasteiger partial charge on any atom is -0.338 e. The van der Waals surface area contributed by atoms with Crippen molar-refractivity contribution in [3.63, 3.8) is 0 Å². The average molecular weight is 398 g/mol. The second kappa shape index (κ2) is 7.13. The lowest BCUT2D eigenvalue weighted by atomic mass is 10.2. The summed E-state index contributed by atoms with van der Waals surface area (Å²) in [5, 5.41) is 4.93. The number of hydrogen-bond acceptors (Lipinski definition) is 5. The molecule has 0 aliphatic rings. The van der Waals surface area contributed by atoms with Gasteiger partial charge in [0.05, 0.1) is 11.4 Å². The number of rotatable bonds is 5. The highest BCUT2D eigenvalue weighted by Crippen LogP contribution is 2.21. The Bertz CT molecular complexity index is 971. The third-order valence-corrected chi connectivity index (χ3v) is 5.77. The lowest BCUT2D eigenvalue weighted by Gasteiger charge is -2.14. The first kappa shape index (κ1) is 17.9. The second-order valence-electron chi connectivity index (χ2n) is 5.23. The molecule has 6 nitrogen and oxygen atoms in total. The van der Waals surface area contributed by atoms with Crippen molar-refractivity contribution in [1.82, 2.24) is 14.4 Å². The maximum atomic E-state index is 12.5. The van der Waals surface area contributed by atoms with Crippen LogP contribution >= 0.6 is 23.2 Å². The van der Waals surface area contributed by atoms with Crippen LogP contribution < -0.4 is 0 Å². The molecule has 1 aromatic heterocycles. The molecule has 2 aromatic carbocycles. The molecule has 0 spiro atoms. The van der Waals surface area contributed by atoms with Gasteiger partial charge in [-0.3, -0.25) is 0 Å². The van der Waals surface area contributed by atoms with E-state index in [1.807, 2.05) is 0 Å². The fraction of sp³-hybridized carbons (Fsp3) is 0.125. The topological polar surface area (TPSA) is 76.3 Å².